The Balaban J connectivity index is 0.978. The van der Waals surface area contributed by atoms with Crippen LogP contribution in [0, 0.1) is 0 Å². The number of nitrogens with zero attached hydrogens (tertiary/aromatic N) is 2. The fourth-order valence-electron chi connectivity index (χ4n) is 10.9. The molecule has 0 saturated carbocycles. The van der Waals surface area contributed by atoms with Gasteiger partial charge in [-0.3, -0.25) is 0 Å². The maximum Gasteiger partial charge on any atom is 0.0713 e. The van der Waals surface area contributed by atoms with Crippen LogP contribution in [0.15, 0.2) is 267 Å². The Kier molecular flexibility index (Phi) is 9.11. The molecule has 13 rings (SSSR count). The molecule has 0 aliphatic heterocycles. The number of anilines is 6. The second-order valence-electron chi connectivity index (χ2n) is 17.7. The lowest BCUT2D eigenvalue weighted by atomic mass is 9.67. The Bertz CT molecular complexity index is 3420. The van der Waals surface area contributed by atoms with Gasteiger partial charge >= 0.3 is 0 Å². The molecule has 2 nitrogen and oxygen atoms in total. The van der Waals surface area contributed by atoms with Crippen LogP contribution >= 0.6 is 0 Å². The first-order valence-corrected chi connectivity index (χ1v) is 23.2. The van der Waals surface area contributed by atoms with Crippen LogP contribution in [0.5, 0.6) is 0 Å². The molecule has 0 amide bonds. The molecule has 0 bridgehead atoms. The molecule has 67 heavy (non-hydrogen) atoms. The highest BCUT2D eigenvalue weighted by Crippen LogP contribution is 2.56. The van der Waals surface area contributed by atoms with Crippen molar-refractivity contribution in [1.29, 1.82) is 0 Å². The first-order valence-electron chi connectivity index (χ1n) is 23.2. The molecule has 0 heterocycles. The van der Waals surface area contributed by atoms with Gasteiger partial charge < -0.3 is 9.80 Å². The van der Waals surface area contributed by atoms with E-state index in [0.29, 0.717) is 0 Å². The fraction of sp³-hybridized carbons (Fsp3) is 0.0154. The molecule has 12 aromatic rings. The summed E-state index contributed by atoms with van der Waals surface area (Å²) >= 11 is 0. The van der Waals surface area contributed by atoms with Crippen molar-refractivity contribution in [2.45, 2.75) is 5.41 Å². The largest absolute Gasteiger partial charge is 0.310 e. The van der Waals surface area contributed by atoms with Gasteiger partial charge in [0.25, 0.3) is 0 Å². The predicted octanol–water partition coefficient (Wildman–Crippen LogP) is 17.6. The quantitative estimate of drug-likeness (QED) is 0.150. The SMILES string of the molecule is c1ccc2c(c1)-c1ccccc1C2(c1ccc(N(c2ccc3ccccc3c2)c2ccc3ccccc3c2)cc1)c1ccc(N(c2ccc3ccccc3c2)c2ccc3ccccc3c2)cc1. The van der Waals surface area contributed by atoms with Gasteiger partial charge in [0.1, 0.15) is 0 Å². The van der Waals surface area contributed by atoms with E-state index in [1.165, 1.54) is 76.5 Å². The molecular formula is C65H44N2. The van der Waals surface area contributed by atoms with Crippen molar-refractivity contribution >= 4 is 77.2 Å². The average molecular weight is 853 g/mol. The minimum atomic E-state index is -0.572. The van der Waals surface area contributed by atoms with Crippen molar-refractivity contribution in [2.24, 2.45) is 0 Å². The number of hydrogen-bond donors (Lipinski definition) is 0. The number of benzene rings is 12. The first-order chi connectivity index (χ1) is 33.2. The highest BCUT2D eigenvalue weighted by atomic mass is 15.1. The maximum absolute atomic E-state index is 2.40. The molecule has 2 heteroatoms. The Morgan fingerprint density at radius 2 is 0.463 bits per heavy atom. The highest BCUT2D eigenvalue weighted by Gasteiger charge is 2.46. The van der Waals surface area contributed by atoms with Crippen LogP contribution in [0.3, 0.4) is 0 Å². The summed E-state index contributed by atoms with van der Waals surface area (Å²) in [5.74, 6) is 0. The molecule has 0 saturated heterocycles. The van der Waals surface area contributed by atoms with Crippen LogP contribution in [0.25, 0.3) is 54.2 Å². The molecule has 0 fully saturated rings. The Hall–Kier alpha value is -8.72. The predicted molar refractivity (Wildman–Crippen MR) is 283 cm³/mol. The second kappa shape index (κ2) is 15.8. The normalized spacial score (nSPS) is 12.6. The van der Waals surface area contributed by atoms with E-state index in [9.17, 15) is 0 Å². The van der Waals surface area contributed by atoms with Gasteiger partial charge in [0.15, 0.2) is 0 Å². The lowest BCUT2D eigenvalue weighted by Crippen LogP contribution is -2.28. The van der Waals surface area contributed by atoms with Crippen molar-refractivity contribution in [3.05, 3.63) is 289 Å². The van der Waals surface area contributed by atoms with E-state index in [0.717, 1.165) is 34.1 Å². The molecule has 0 aromatic heterocycles. The van der Waals surface area contributed by atoms with Crippen LogP contribution in [0.1, 0.15) is 22.3 Å². The summed E-state index contributed by atoms with van der Waals surface area (Å²) in [5.41, 5.74) is 13.7. The van der Waals surface area contributed by atoms with E-state index < -0.39 is 5.41 Å². The second-order valence-corrected chi connectivity index (χ2v) is 17.7. The van der Waals surface area contributed by atoms with Crippen molar-refractivity contribution in [1.82, 2.24) is 0 Å². The summed E-state index contributed by atoms with van der Waals surface area (Å²) < 4.78 is 0. The number of hydrogen-bond acceptors (Lipinski definition) is 2. The van der Waals surface area contributed by atoms with Crippen LogP contribution in [0.4, 0.5) is 34.1 Å². The summed E-state index contributed by atoms with van der Waals surface area (Å²) in [6.07, 6.45) is 0. The Morgan fingerprint density at radius 1 is 0.209 bits per heavy atom. The van der Waals surface area contributed by atoms with Gasteiger partial charge in [-0.05, 0) is 149 Å². The van der Waals surface area contributed by atoms with Gasteiger partial charge in [-0.25, -0.2) is 0 Å². The molecule has 1 aliphatic rings. The van der Waals surface area contributed by atoms with Crippen molar-refractivity contribution in [3.63, 3.8) is 0 Å². The standard InChI is InChI=1S/C65H44N2/c1-5-17-49-41-57(33-25-45(49)13-1)66(58-34-26-46-14-2-6-18-50(46)42-58)55-37-29-53(30-38-55)65(63-23-11-9-21-61(63)62-22-10-12-24-64(62)65)54-31-39-56(40-32-54)67(59-35-27-47-15-3-7-19-51(47)43-59)60-36-28-48-16-4-8-20-52(48)44-60/h1-44H. The van der Waals surface area contributed by atoms with Crippen molar-refractivity contribution in [2.75, 3.05) is 9.80 Å². The lowest BCUT2D eigenvalue weighted by Gasteiger charge is -2.35. The first kappa shape index (κ1) is 38.7. The van der Waals surface area contributed by atoms with Gasteiger partial charge in [0, 0.05) is 34.1 Å². The van der Waals surface area contributed by atoms with Crippen LogP contribution in [-0.4, -0.2) is 0 Å². The fourth-order valence-corrected chi connectivity index (χ4v) is 10.9. The Labute approximate surface area is 390 Å². The molecule has 0 N–H and O–H groups in total. The minimum Gasteiger partial charge on any atom is -0.310 e. The monoisotopic (exact) mass is 852 g/mol. The van der Waals surface area contributed by atoms with E-state index in [4.69, 9.17) is 0 Å². The molecule has 1 aliphatic carbocycles. The van der Waals surface area contributed by atoms with Gasteiger partial charge in [0.05, 0.1) is 5.41 Å². The third-order valence-electron chi connectivity index (χ3n) is 14.0. The summed E-state index contributed by atoms with van der Waals surface area (Å²) in [5, 5.41) is 9.75. The smallest absolute Gasteiger partial charge is 0.0713 e. The summed E-state index contributed by atoms with van der Waals surface area (Å²) in [6.45, 7) is 0. The summed E-state index contributed by atoms with van der Waals surface area (Å²) in [4.78, 5) is 4.80. The lowest BCUT2D eigenvalue weighted by molar-refractivity contribution is 0.768. The van der Waals surface area contributed by atoms with Gasteiger partial charge in [0.2, 0.25) is 0 Å². The van der Waals surface area contributed by atoms with E-state index >= 15 is 0 Å². The van der Waals surface area contributed by atoms with Gasteiger partial charge in [-0.15, -0.1) is 0 Å². The molecule has 12 aromatic carbocycles. The average Bonchev–Trinajstić information content (AvgIpc) is 3.70. The molecule has 0 atom stereocenters. The van der Waals surface area contributed by atoms with Gasteiger partial charge in [-0.2, -0.15) is 0 Å². The van der Waals surface area contributed by atoms with Crippen LogP contribution in [0.2, 0.25) is 0 Å². The molecular weight excluding hydrogens is 809 g/mol. The van der Waals surface area contributed by atoms with E-state index in [-0.39, 0.29) is 0 Å². The zero-order valence-corrected chi connectivity index (χ0v) is 36.8. The summed E-state index contributed by atoms with van der Waals surface area (Å²) in [7, 11) is 0. The van der Waals surface area contributed by atoms with E-state index in [1.807, 2.05) is 0 Å². The minimum absolute atomic E-state index is 0.572. The maximum atomic E-state index is 2.40. The zero-order chi connectivity index (χ0) is 44.3. The van der Waals surface area contributed by atoms with E-state index in [2.05, 4.69) is 277 Å². The third kappa shape index (κ3) is 6.41. The third-order valence-corrected chi connectivity index (χ3v) is 14.0. The molecule has 0 radical (unpaired) electrons. The molecule has 314 valence electrons. The van der Waals surface area contributed by atoms with Crippen molar-refractivity contribution < 1.29 is 0 Å². The Morgan fingerprint density at radius 3 is 0.776 bits per heavy atom. The van der Waals surface area contributed by atoms with Gasteiger partial charge in [-0.1, -0.05) is 194 Å². The topological polar surface area (TPSA) is 6.48 Å². The molecule has 0 unspecified atom stereocenters. The molecule has 0 spiro atoms. The van der Waals surface area contributed by atoms with Crippen LogP contribution < -0.4 is 9.80 Å². The number of rotatable bonds is 8. The van der Waals surface area contributed by atoms with Crippen molar-refractivity contribution in [3.8, 4) is 11.1 Å². The van der Waals surface area contributed by atoms with E-state index in [1.54, 1.807) is 0 Å². The number of fused-ring (bicyclic) bond motifs is 7. The van der Waals surface area contributed by atoms with Crippen LogP contribution in [-0.2, 0) is 5.41 Å². The summed E-state index contributed by atoms with van der Waals surface area (Å²) in [6, 6.07) is 98.4. The highest BCUT2D eigenvalue weighted by molar-refractivity contribution is 5.95. The zero-order valence-electron chi connectivity index (χ0n) is 36.8.